The van der Waals surface area contributed by atoms with Crippen molar-refractivity contribution >= 4 is 23.2 Å². The summed E-state index contributed by atoms with van der Waals surface area (Å²) >= 11 is 0. The van der Waals surface area contributed by atoms with Gasteiger partial charge in [-0.25, -0.2) is 0 Å². The molecule has 0 spiro atoms. The highest BCUT2D eigenvalue weighted by atomic mass is 16.5. The second-order valence-corrected chi connectivity index (χ2v) is 9.17. The van der Waals surface area contributed by atoms with Gasteiger partial charge in [0.2, 0.25) is 11.8 Å². The maximum absolute atomic E-state index is 13.7. The van der Waals surface area contributed by atoms with Gasteiger partial charge in [-0.05, 0) is 80.3 Å². The average Bonchev–Trinajstić information content (AvgIpc) is 2.83. The van der Waals surface area contributed by atoms with Gasteiger partial charge in [0.25, 0.3) is 0 Å². The summed E-state index contributed by atoms with van der Waals surface area (Å²) < 4.78 is 11.0. The van der Waals surface area contributed by atoms with Gasteiger partial charge in [0.05, 0.1) is 26.2 Å². The van der Waals surface area contributed by atoms with Crippen LogP contribution in [0, 0.1) is 26.7 Å². The van der Waals surface area contributed by atoms with E-state index >= 15 is 0 Å². The molecule has 6 heteroatoms. The molecule has 6 nitrogen and oxygen atoms in total. The van der Waals surface area contributed by atoms with Crippen molar-refractivity contribution in [3.05, 3.63) is 82.9 Å². The van der Waals surface area contributed by atoms with Crippen molar-refractivity contribution in [2.24, 2.45) is 5.92 Å². The van der Waals surface area contributed by atoms with E-state index in [1.54, 1.807) is 19.1 Å². The predicted molar refractivity (Wildman–Crippen MR) is 138 cm³/mol. The summed E-state index contributed by atoms with van der Waals surface area (Å²) in [5, 5.41) is 3.11. The van der Waals surface area contributed by atoms with Gasteiger partial charge in [0.15, 0.2) is 11.5 Å². The van der Waals surface area contributed by atoms with Gasteiger partial charge < -0.3 is 19.7 Å². The molecule has 0 radical (unpaired) electrons. The standard InChI is InChI=1S/C29H32N2O4/c1-18-6-9-23(10-7-18)31-27(32)13-11-24(29(33)30-22-15-19(2)14-20(3)16-22)28(31)21-8-12-25(34-4)26(17-21)35-5/h6-10,12,14-17,24,28H,11,13H2,1-5H3,(H,30,33)/t24-,28-/m0/s1. The summed E-state index contributed by atoms with van der Waals surface area (Å²) in [5.74, 6) is 0.577. The number of benzene rings is 3. The topological polar surface area (TPSA) is 67.9 Å². The van der Waals surface area contributed by atoms with Crippen LogP contribution in [0.15, 0.2) is 60.7 Å². The zero-order chi connectivity index (χ0) is 25.1. The van der Waals surface area contributed by atoms with Gasteiger partial charge in [-0.3, -0.25) is 9.59 Å². The SMILES string of the molecule is COc1ccc([C@H]2[C@@H](C(=O)Nc3cc(C)cc(C)c3)CCC(=O)N2c2ccc(C)cc2)cc1OC. The van der Waals surface area contributed by atoms with E-state index in [2.05, 4.69) is 11.4 Å². The van der Waals surface area contributed by atoms with E-state index in [0.29, 0.717) is 24.3 Å². The molecule has 1 saturated heterocycles. The number of hydrogen-bond donors (Lipinski definition) is 1. The van der Waals surface area contributed by atoms with Crippen molar-refractivity contribution in [1.82, 2.24) is 0 Å². The monoisotopic (exact) mass is 472 g/mol. The van der Waals surface area contributed by atoms with Crippen molar-refractivity contribution in [3.63, 3.8) is 0 Å². The highest BCUT2D eigenvalue weighted by molar-refractivity contribution is 6.00. The van der Waals surface area contributed by atoms with E-state index in [-0.39, 0.29) is 11.8 Å². The van der Waals surface area contributed by atoms with Gasteiger partial charge in [0, 0.05) is 17.8 Å². The molecule has 3 aromatic rings. The van der Waals surface area contributed by atoms with Crippen LogP contribution in [0.5, 0.6) is 11.5 Å². The van der Waals surface area contributed by atoms with Crippen molar-refractivity contribution in [2.45, 2.75) is 39.7 Å². The lowest BCUT2D eigenvalue weighted by Gasteiger charge is -2.41. The van der Waals surface area contributed by atoms with E-state index in [1.807, 2.05) is 75.4 Å². The zero-order valence-corrected chi connectivity index (χ0v) is 20.9. The van der Waals surface area contributed by atoms with Crippen LogP contribution < -0.4 is 19.7 Å². The second-order valence-electron chi connectivity index (χ2n) is 9.17. The van der Waals surface area contributed by atoms with Crippen molar-refractivity contribution in [3.8, 4) is 11.5 Å². The Balaban J connectivity index is 1.78. The largest absolute Gasteiger partial charge is 0.493 e. The summed E-state index contributed by atoms with van der Waals surface area (Å²) in [5.41, 5.74) is 5.61. The zero-order valence-electron chi connectivity index (χ0n) is 20.9. The first-order valence-electron chi connectivity index (χ1n) is 11.8. The molecule has 1 fully saturated rings. The lowest BCUT2D eigenvalue weighted by Crippen LogP contribution is -2.47. The van der Waals surface area contributed by atoms with E-state index < -0.39 is 12.0 Å². The molecule has 0 bridgehead atoms. The number of hydrogen-bond acceptors (Lipinski definition) is 4. The molecule has 1 N–H and O–H groups in total. The van der Waals surface area contributed by atoms with Gasteiger partial charge in [-0.1, -0.05) is 29.8 Å². The molecular formula is C29H32N2O4. The lowest BCUT2D eigenvalue weighted by atomic mass is 9.83. The second kappa shape index (κ2) is 10.2. The number of carbonyl (C=O) groups is 2. The molecule has 1 aliphatic rings. The van der Waals surface area contributed by atoms with Crippen molar-refractivity contribution < 1.29 is 19.1 Å². The van der Waals surface area contributed by atoms with Crippen LogP contribution >= 0.6 is 0 Å². The molecule has 182 valence electrons. The van der Waals surface area contributed by atoms with Crippen molar-refractivity contribution in [2.75, 3.05) is 24.4 Å². The van der Waals surface area contributed by atoms with E-state index in [4.69, 9.17) is 9.47 Å². The van der Waals surface area contributed by atoms with Crippen LogP contribution in [0.2, 0.25) is 0 Å². The minimum absolute atomic E-state index is 0.0101. The minimum Gasteiger partial charge on any atom is -0.493 e. The molecule has 3 aromatic carbocycles. The first-order chi connectivity index (χ1) is 16.8. The third-order valence-corrected chi connectivity index (χ3v) is 6.48. The summed E-state index contributed by atoms with van der Waals surface area (Å²) in [6, 6.07) is 18.9. The van der Waals surface area contributed by atoms with Gasteiger partial charge in [0.1, 0.15) is 0 Å². The van der Waals surface area contributed by atoms with Crippen LogP contribution in [0.25, 0.3) is 0 Å². The number of aryl methyl sites for hydroxylation is 3. The van der Waals surface area contributed by atoms with Crippen LogP contribution in [-0.4, -0.2) is 26.0 Å². The third-order valence-electron chi connectivity index (χ3n) is 6.48. The number of nitrogens with zero attached hydrogens (tertiary/aromatic N) is 1. The smallest absolute Gasteiger partial charge is 0.229 e. The Morgan fingerprint density at radius 2 is 1.51 bits per heavy atom. The fourth-order valence-electron chi connectivity index (χ4n) is 4.88. The Morgan fingerprint density at radius 1 is 0.857 bits per heavy atom. The van der Waals surface area contributed by atoms with Crippen LogP contribution in [-0.2, 0) is 9.59 Å². The maximum Gasteiger partial charge on any atom is 0.229 e. The number of methoxy groups -OCH3 is 2. The number of amides is 2. The molecule has 0 saturated carbocycles. The fourth-order valence-corrected chi connectivity index (χ4v) is 4.88. The van der Waals surface area contributed by atoms with E-state index in [0.717, 1.165) is 33.6 Å². The summed E-state index contributed by atoms with van der Waals surface area (Å²) in [7, 11) is 3.16. The maximum atomic E-state index is 13.7. The normalized spacial score (nSPS) is 17.7. The van der Waals surface area contributed by atoms with Crippen LogP contribution in [0.4, 0.5) is 11.4 Å². The summed E-state index contributed by atoms with van der Waals surface area (Å²) in [6.45, 7) is 6.02. The highest BCUT2D eigenvalue weighted by Gasteiger charge is 2.41. The van der Waals surface area contributed by atoms with Gasteiger partial charge in [-0.2, -0.15) is 0 Å². The molecular weight excluding hydrogens is 440 g/mol. The molecule has 1 aliphatic heterocycles. The summed E-state index contributed by atoms with van der Waals surface area (Å²) in [4.78, 5) is 28.7. The van der Waals surface area contributed by atoms with Crippen molar-refractivity contribution in [1.29, 1.82) is 0 Å². The highest BCUT2D eigenvalue weighted by Crippen LogP contribution is 2.43. The number of ether oxygens (including phenoxy) is 2. The lowest BCUT2D eigenvalue weighted by molar-refractivity contribution is -0.125. The Bertz CT molecular complexity index is 1220. The molecule has 4 rings (SSSR count). The van der Waals surface area contributed by atoms with Crippen LogP contribution in [0.1, 0.15) is 41.1 Å². The number of rotatable bonds is 6. The molecule has 0 aliphatic carbocycles. The Hall–Kier alpha value is -3.80. The van der Waals surface area contributed by atoms with E-state index in [9.17, 15) is 9.59 Å². The number of nitrogens with one attached hydrogen (secondary N) is 1. The molecule has 35 heavy (non-hydrogen) atoms. The molecule has 1 heterocycles. The third kappa shape index (κ3) is 5.16. The number of anilines is 2. The first-order valence-corrected chi connectivity index (χ1v) is 11.8. The van der Waals surface area contributed by atoms with E-state index in [1.165, 1.54) is 0 Å². The predicted octanol–water partition coefficient (Wildman–Crippen LogP) is 5.75. The molecule has 2 amide bonds. The van der Waals surface area contributed by atoms with Crippen LogP contribution in [0.3, 0.4) is 0 Å². The Kier molecular flexibility index (Phi) is 7.10. The number of piperidine rings is 1. The quantitative estimate of drug-likeness (QED) is 0.496. The number of carbonyl (C=O) groups excluding carboxylic acids is 2. The average molecular weight is 473 g/mol. The Labute approximate surface area is 206 Å². The van der Waals surface area contributed by atoms with Gasteiger partial charge >= 0.3 is 0 Å². The molecule has 2 atom stereocenters. The first kappa shape index (κ1) is 24.3. The fraction of sp³-hybridized carbons (Fsp3) is 0.310. The van der Waals surface area contributed by atoms with Gasteiger partial charge in [-0.15, -0.1) is 0 Å². The molecule has 0 unspecified atom stereocenters. The Morgan fingerprint density at radius 3 is 2.14 bits per heavy atom. The minimum atomic E-state index is -0.496. The molecule has 0 aromatic heterocycles. The summed E-state index contributed by atoms with van der Waals surface area (Å²) in [6.07, 6.45) is 0.749.